The number of carbonyl (C=O) groups is 1. The molecule has 51 heavy (non-hydrogen) atoms. The zero-order chi connectivity index (χ0) is 36.2. The Morgan fingerprint density at radius 1 is 1.14 bits per heavy atom. The molecule has 4 heterocycles. The number of aromatic amines is 1. The van der Waals surface area contributed by atoms with Crippen LogP contribution in [0, 0.1) is 0 Å². The molecular formula is C39H51N5O5SSi. The SMILES string of the molecule is CC(C)c1nc(C(=O)N2CCOC3(CCN(Cc4cccc(CCNC[C@H](O[Si]C(C)(C)C)c5ccc(O)c6[nH]c(=O)ccc56)c4)CC3)C2)cs1. The van der Waals surface area contributed by atoms with Crippen LogP contribution in [-0.2, 0) is 22.1 Å². The third-order valence-corrected chi connectivity index (χ3v) is 11.8. The number of pyridine rings is 1. The number of hydrogen-bond donors (Lipinski definition) is 3. The number of H-pyrrole nitrogens is 1. The molecule has 0 unspecified atom stereocenters. The average molecular weight is 730 g/mol. The second kappa shape index (κ2) is 16.1. The van der Waals surface area contributed by atoms with Gasteiger partial charge in [0.1, 0.15) is 11.4 Å². The first-order chi connectivity index (χ1) is 24.4. The van der Waals surface area contributed by atoms with Crippen molar-refractivity contribution in [3.8, 4) is 5.75 Å². The van der Waals surface area contributed by atoms with E-state index in [1.165, 1.54) is 17.2 Å². The van der Waals surface area contributed by atoms with Gasteiger partial charge in [0.25, 0.3) is 5.91 Å². The Morgan fingerprint density at radius 3 is 2.67 bits per heavy atom. The first kappa shape index (κ1) is 37.4. The number of nitrogens with zero attached hydrogens (tertiary/aromatic N) is 3. The molecule has 3 N–H and O–H groups in total. The molecule has 2 aromatic heterocycles. The highest BCUT2D eigenvalue weighted by atomic mass is 32.1. The van der Waals surface area contributed by atoms with Gasteiger partial charge < -0.3 is 29.5 Å². The fraction of sp³-hybridized carbons (Fsp3) is 0.513. The van der Waals surface area contributed by atoms with Crippen molar-refractivity contribution in [2.75, 3.05) is 45.9 Å². The van der Waals surface area contributed by atoms with Crippen molar-refractivity contribution in [1.29, 1.82) is 0 Å². The highest BCUT2D eigenvalue weighted by Crippen LogP contribution is 2.33. The quantitative estimate of drug-likeness (QED) is 0.119. The number of ether oxygens (including phenoxy) is 1. The number of morpholine rings is 1. The molecule has 0 saturated carbocycles. The van der Waals surface area contributed by atoms with Gasteiger partial charge >= 0.3 is 0 Å². The molecule has 2 aliphatic heterocycles. The normalized spacial score (nSPS) is 17.4. The average Bonchev–Trinajstić information content (AvgIpc) is 3.60. The standard InChI is InChI=1S/C39H51N5O5SSi/c1-26(2)36-41-31(24-50-36)37(47)44-19-20-48-39(25-44)14-17-43(18-15-39)23-28-8-6-7-27(21-28)13-16-40-22-33(49-51-38(3,4)5)29-9-11-32(45)35-30(29)10-12-34(46)42-35/h6-12,21,24,26,33,40,45H,13-20,22-23,25H2,1-5H3,(H,42,46)/t33-/m0/s1. The molecule has 2 aromatic carbocycles. The van der Waals surface area contributed by atoms with Crippen LogP contribution in [-0.4, -0.2) is 92.0 Å². The number of phenolic OH excluding ortho intramolecular Hbond substituents is 1. The van der Waals surface area contributed by atoms with Crippen LogP contribution in [0.25, 0.3) is 10.9 Å². The number of likely N-dealkylation sites (tertiary alicyclic amines) is 1. The van der Waals surface area contributed by atoms with Crippen LogP contribution in [0.4, 0.5) is 0 Å². The number of fused-ring (bicyclic) bond motifs is 1. The van der Waals surface area contributed by atoms with E-state index in [0.717, 1.165) is 61.4 Å². The van der Waals surface area contributed by atoms with E-state index in [9.17, 15) is 14.7 Å². The molecule has 12 heteroatoms. The molecule has 10 nitrogen and oxygen atoms in total. The van der Waals surface area contributed by atoms with E-state index in [2.05, 4.69) is 79.1 Å². The Balaban J connectivity index is 1.01. The van der Waals surface area contributed by atoms with Crippen LogP contribution < -0.4 is 10.9 Å². The lowest BCUT2D eigenvalue weighted by Crippen LogP contribution is -2.58. The molecule has 2 aliphatic rings. The van der Waals surface area contributed by atoms with Gasteiger partial charge in [-0.3, -0.25) is 14.5 Å². The Morgan fingerprint density at radius 2 is 1.92 bits per heavy atom. The smallest absolute Gasteiger partial charge is 0.273 e. The van der Waals surface area contributed by atoms with Crippen LogP contribution in [0.15, 0.2) is 58.7 Å². The molecule has 1 spiro atoms. The van der Waals surface area contributed by atoms with Gasteiger partial charge in [-0.1, -0.05) is 65.0 Å². The number of amides is 1. The lowest BCUT2D eigenvalue weighted by Gasteiger charge is -2.47. The van der Waals surface area contributed by atoms with E-state index in [1.54, 1.807) is 23.5 Å². The first-order valence-corrected chi connectivity index (χ1v) is 19.8. The summed E-state index contributed by atoms with van der Waals surface area (Å²) in [6.45, 7) is 16.6. The molecule has 1 atom stereocenters. The van der Waals surface area contributed by atoms with E-state index in [1.807, 2.05) is 16.3 Å². The van der Waals surface area contributed by atoms with Gasteiger partial charge in [0.2, 0.25) is 15.3 Å². The minimum absolute atomic E-state index is 0.0112. The number of piperidine rings is 1. The number of benzene rings is 2. The number of hydrogen-bond acceptors (Lipinski definition) is 9. The molecule has 6 rings (SSSR count). The monoisotopic (exact) mass is 729 g/mol. The lowest BCUT2D eigenvalue weighted by molar-refractivity contribution is -0.128. The molecule has 0 aliphatic carbocycles. The van der Waals surface area contributed by atoms with Gasteiger partial charge in [0.05, 0.1) is 35.4 Å². The van der Waals surface area contributed by atoms with E-state index >= 15 is 0 Å². The van der Waals surface area contributed by atoms with Gasteiger partial charge in [0.15, 0.2) is 0 Å². The second-order valence-electron chi connectivity index (χ2n) is 15.3. The fourth-order valence-electron chi connectivity index (χ4n) is 6.86. The molecule has 2 fully saturated rings. The Hall–Kier alpha value is -3.39. The number of aromatic nitrogens is 2. The van der Waals surface area contributed by atoms with E-state index in [4.69, 9.17) is 9.16 Å². The largest absolute Gasteiger partial charge is 0.506 e. The lowest BCUT2D eigenvalue weighted by atomic mass is 9.89. The van der Waals surface area contributed by atoms with E-state index in [0.29, 0.717) is 43.4 Å². The number of thiazole rings is 1. The summed E-state index contributed by atoms with van der Waals surface area (Å²) in [5, 5.41) is 17.7. The molecule has 2 saturated heterocycles. The summed E-state index contributed by atoms with van der Waals surface area (Å²) in [5.74, 6) is 0.392. The summed E-state index contributed by atoms with van der Waals surface area (Å²) >= 11 is 1.57. The third kappa shape index (κ3) is 9.54. The Kier molecular flexibility index (Phi) is 11.8. The maximum Gasteiger partial charge on any atom is 0.273 e. The van der Waals surface area contributed by atoms with Crippen molar-refractivity contribution >= 4 is 37.9 Å². The maximum absolute atomic E-state index is 13.3. The number of nitrogens with one attached hydrogen (secondary N) is 2. The zero-order valence-electron chi connectivity index (χ0n) is 30.5. The highest BCUT2D eigenvalue weighted by Gasteiger charge is 2.41. The first-order valence-electron chi connectivity index (χ1n) is 18.1. The van der Waals surface area contributed by atoms with Crippen LogP contribution in [0.2, 0.25) is 5.04 Å². The van der Waals surface area contributed by atoms with Crippen molar-refractivity contribution in [1.82, 2.24) is 25.1 Å². The van der Waals surface area contributed by atoms with Gasteiger partial charge in [-0.25, -0.2) is 4.98 Å². The molecule has 2 radical (unpaired) electrons. The Labute approximate surface area is 307 Å². The van der Waals surface area contributed by atoms with E-state index < -0.39 is 0 Å². The third-order valence-electron chi connectivity index (χ3n) is 9.62. The minimum atomic E-state index is -0.284. The zero-order valence-corrected chi connectivity index (χ0v) is 32.3. The number of rotatable bonds is 12. The maximum atomic E-state index is 13.3. The van der Waals surface area contributed by atoms with Crippen molar-refractivity contribution < 1.29 is 19.1 Å². The van der Waals surface area contributed by atoms with Crippen molar-refractivity contribution in [3.05, 3.63) is 91.7 Å². The summed E-state index contributed by atoms with van der Waals surface area (Å²) in [7, 11) is 0.282. The van der Waals surface area contributed by atoms with Crippen LogP contribution in [0.5, 0.6) is 5.75 Å². The van der Waals surface area contributed by atoms with Crippen molar-refractivity contribution in [3.63, 3.8) is 0 Å². The van der Waals surface area contributed by atoms with Gasteiger partial charge in [0, 0.05) is 55.5 Å². The summed E-state index contributed by atoms with van der Waals surface area (Å²) in [6.07, 6.45) is 2.44. The predicted molar refractivity (Wildman–Crippen MR) is 204 cm³/mol. The number of phenols is 1. The van der Waals surface area contributed by atoms with Crippen molar-refractivity contribution in [2.24, 2.45) is 0 Å². The second-order valence-corrected chi connectivity index (χ2v) is 18.1. The van der Waals surface area contributed by atoms with Crippen LogP contribution in [0.1, 0.15) is 91.7 Å². The summed E-state index contributed by atoms with van der Waals surface area (Å²) in [4.78, 5) is 37.1. The summed E-state index contributed by atoms with van der Waals surface area (Å²) in [5.41, 5.74) is 3.98. The van der Waals surface area contributed by atoms with Gasteiger partial charge in [-0.15, -0.1) is 11.3 Å². The molecule has 272 valence electrons. The predicted octanol–water partition coefficient (Wildman–Crippen LogP) is 6.05. The van der Waals surface area contributed by atoms with Crippen molar-refractivity contribution in [2.45, 2.75) is 83.1 Å². The fourth-order valence-corrected chi connectivity index (χ4v) is 8.38. The van der Waals surface area contributed by atoms with Gasteiger partial charge in [-0.05, 0) is 59.7 Å². The van der Waals surface area contributed by atoms with Crippen LogP contribution in [0.3, 0.4) is 0 Å². The summed E-state index contributed by atoms with van der Waals surface area (Å²) < 4.78 is 12.8. The molecule has 4 aromatic rings. The number of aromatic hydroxyl groups is 1. The molecule has 0 bridgehead atoms. The Bertz CT molecular complexity index is 1860. The van der Waals surface area contributed by atoms with E-state index in [-0.39, 0.29) is 43.7 Å². The topological polar surface area (TPSA) is 120 Å². The number of carbonyl (C=O) groups excluding carboxylic acids is 1. The molecular weight excluding hydrogens is 679 g/mol. The minimum Gasteiger partial charge on any atom is -0.506 e. The molecule has 1 amide bonds. The summed E-state index contributed by atoms with van der Waals surface area (Å²) in [6, 6.07) is 15.6. The van der Waals surface area contributed by atoms with Crippen LogP contribution >= 0.6 is 11.3 Å². The highest BCUT2D eigenvalue weighted by molar-refractivity contribution is 7.09. The van der Waals surface area contributed by atoms with Gasteiger partial charge in [-0.2, -0.15) is 0 Å².